The normalized spacial score (nSPS) is 10.9. The Bertz CT molecular complexity index is 596. The van der Waals surface area contributed by atoms with E-state index in [-0.39, 0.29) is 6.42 Å². The number of fused-ring (bicyclic) bond motifs is 1. The zero-order chi connectivity index (χ0) is 14.5. The number of carbonyl (C=O) groups is 1. The van der Waals surface area contributed by atoms with Crippen LogP contribution in [0.3, 0.4) is 0 Å². The zero-order valence-electron chi connectivity index (χ0n) is 11.6. The van der Waals surface area contributed by atoms with Crippen LogP contribution < -0.4 is 4.90 Å². The Kier molecular flexibility index (Phi) is 4.52. The summed E-state index contributed by atoms with van der Waals surface area (Å²) in [6, 6.07) is 5.79. The van der Waals surface area contributed by atoms with Crippen molar-refractivity contribution < 1.29 is 14.6 Å². The monoisotopic (exact) mass is 278 g/mol. The standard InChI is InChI=1S/C13H18N4O3/c1-3-16(7-6-13(18)19)10-4-5-12-11(8-10)14-15-17(12)9-20-2/h4-5,8H,3,6-7,9H2,1-2H3,(H,18,19). The maximum absolute atomic E-state index is 10.7. The number of anilines is 1. The third-order valence-corrected chi connectivity index (χ3v) is 3.09. The second kappa shape index (κ2) is 6.33. The van der Waals surface area contributed by atoms with E-state index in [0.717, 1.165) is 23.3 Å². The van der Waals surface area contributed by atoms with Crippen LogP contribution >= 0.6 is 0 Å². The van der Waals surface area contributed by atoms with Crippen molar-refractivity contribution in [3.63, 3.8) is 0 Å². The molecule has 0 unspecified atom stereocenters. The predicted molar refractivity (Wildman–Crippen MR) is 74.7 cm³/mol. The molecule has 1 aromatic heterocycles. The van der Waals surface area contributed by atoms with Gasteiger partial charge in [-0.1, -0.05) is 5.21 Å². The van der Waals surface area contributed by atoms with Crippen molar-refractivity contribution in [1.29, 1.82) is 0 Å². The molecule has 0 spiro atoms. The Morgan fingerprint density at radius 3 is 2.95 bits per heavy atom. The van der Waals surface area contributed by atoms with Crippen molar-refractivity contribution in [3.8, 4) is 0 Å². The zero-order valence-corrected chi connectivity index (χ0v) is 11.6. The van der Waals surface area contributed by atoms with Gasteiger partial charge in [-0.25, -0.2) is 4.68 Å². The molecule has 0 aliphatic carbocycles. The van der Waals surface area contributed by atoms with Gasteiger partial charge in [0, 0.05) is 25.9 Å². The van der Waals surface area contributed by atoms with Crippen molar-refractivity contribution in [2.75, 3.05) is 25.1 Å². The summed E-state index contributed by atoms with van der Waals surface area (Å²) in [5.41, 5.74) is 2.61. The molecule has 0 fully saturated rings. The van der Waals surface area contributed by atoms with Crippen molar-refractivity contribution >= 4 is 22.7 Å². The maximum atomic E-state index is 10.7. The van der Waals surface area contributed by atoms with Gasteiger partial charge in [0.05, 0.1) is 11.9 Å². The van der Waals surface area contributed by atoms with Crippen LogP contribution in [0, 0.1) is 0 Å². The molecular weight excluding hydrogens is 260 g/mol. The lowest BCUT2D eigenvalue weighted by atomic mass is 10.2. The quantitative estimate of drug-likeness (QED) is 0.823. The smallest absolute Gasteiger partial charge is 0.305 e. The minimum Gasteiger partial charge on any atom is -0.481 e. The summed E-state index contributed by atoms with van der Waals surface area (Å²) in [4.78, 5) is 12.7. The number of aromatic nitrogens is 3. The van der Waals surface area contributed by atoms with Crippen LogP contribution in [-0.2, 0) is 16.3 Å². The first kappa shape index (κ1) is 14.3. The molecule has 0 atom stereocenters. The largest absolute Gasteiger partial charge is 0.481 e. The lowest BCUT2D eigenvalue weighted by Gasteiger charge is -2.22. The van der Waals surface area contributed by atoms with Crippen molar-refractivity contribution in [2.24, 2.45) is 0 Å². The molecule has 0 saturated carbocycles. The molecule has 0 saturated heterocycles. The van der Waals surface area contributed by atoms with Gasteiger partial charge >= 0.3 is 5.97 Å². The van der Waals surface area contributed by atoms with Crippen LogP contribution in [0.5, 0.6) is 0 Å². The van der Waals surface area contributed by atoms with E-state index in [4.69, 9.17) is 9.84 Å². The Balaban J connectivity index is 2.23. The first-order valence-corrected chi connectivity index (χ1v) is 6.44. The Morgan fingerprint density at radius 1 is 1.50 bits per heavy atom. The van der Waals surface area contributed by atoms with E-state index in [0.29, 0.717) is 13.3 Å². The Hall–Kier alpha value is -2.15. The van der Waals surface area contributed by atoms with Gasteiger partial charge in [0.2, 0.25) is 0 Å². The second-order valence-electron chi connectivity index (χ2n) is 4.40. The highest BCUT2D eigenvalue weighted by Crippen LogP contribution is 2.20. The highest BCUT2D eigenvalue weighted by molar-refractivity contribution is 5.79. The SMILES string of the molecule is CCN(CCC(=O)O)c1ccc2c(c1)nnn2COC. The van der Waals surface area contributed by atoms with E-state index in [2.05, 4.69) is 10.3 Å². The molecule has 2 aromatic rings. The van der Waals surface area contributed by atoms with E-state index in [9.17, 15) is 4.79 Å². The number of ether oxygens (including phenoxy) is 1. The summed E-state index contributed by atoms with van der Waals surface area (Å²) in [5, 5.41) is 16.9. The molecule has 1 heterocycles. The average molecular weight is 278 g/mol. The Labute approximate surface area is 116 Å². The molecule has 0 radical (unpaired) electrons. The van der Waals surface area contributed by atoms with Gasteiger partial charge in [-0.2, -0.15) is 0 Å². The average Bonchev–Trinajstić information content (AvgIpc) is 2.82. The van der Waals surface area contributed by atoms with E-state index in [1.165, 1.54) is 0 Å². The fourth-order valence-electron chi connectivity index (χ4n) is 2.08. The van der Waals surface area contributed by atoms with Crippen molar-refractivity contribution in [2.45, 2.75) is 20.1 Å². The number of carboxylic acids is 1. The van der Waals surface area contributed by atoms with E-state index < -0.39 is 5.97 Å². The minimum atomic E-state index is -0.796. The molecule has 1 aromatic carbocycles. The summed E-state index contributed by atoms with van der Waals surface area (Å²) in [6.07, 6.45) is 0.113. The lowest BCUT2D eigenvalue weighted by molar-refractivity contribution is -0.136. The third-order valence-electron chi connectivity index (χ3n) is 3.09. The highest BCUT2D eigenvalue weighted by atomic mass is 16.5. The van der Waals surface area contributed by atoms with E-state index in [1.807, 2.05) is 30.0 Å². The van der Waals surface area contributed by atoms with Crippen LogP contribution in [0.2, 0.25) is 0 Å². The number of methoxy groups -OCH3 is 1. The maximum Gasteiger partial charge on any atom is 0.305 e. The minimum absolute atomic E-state index is 0.113. The molecule has 7 nitrogen and oxygen atoms in total. The van der Waals surface area contributed by atoms with Crippen LogP contribution in [0.15, 0.2) is 18.2 Å². The molecule has 0 amide bonds. The summed E-state index contributed by atoms with van der Waals surface area (Å²) in [7, 11) is 1.60. The van der Waals surface area contributed by atoms with Crippen LogP contribution in [-0.4, -0.2) is 46.3 Å². The summed E-state index contributed by atoms with van der Waals surface area (Å²) in [6.45, 7) is 3.56. The molecule has 2 rings (SSSR count). The number of rotatable bonds is 7. The first-order valence-electron chi connectivity index (χ1n) is 6.44. The second-order valence-corrected chi connectivity index (χ2v) is 4.40. The molecule has 0 aliphatic rings. The molecular formula is C13H18N4O3. The summed E-state index contributed by atoms with van der Waals surface area (Å²) < 4.78 is 6.72. The van der Waals surface area contributed by atoms with E-state index >= 15 is 0 Å². The molecule has 108 valence electrons. The number of benzene rings is 1. The summed E-state index contributed by atoms with van der Waals surface area (Å²) in [5.74, 6) is -0.796. The van der Waals surface area contributed by atoms with Crippen LogP contribution in [0.4, 0.5) is 5.69 Å². The van der Waals surface area contributed by atoms with Crippen LogP contribution in [0.25, 0.3) is 11.0 Å². The number of nitrogens with zero attached hydrogens (tertiary/aromatic N) is 4. The molecule has 7 heteroatoms. The highest BCUT2D eigenvalue weighted by Gasteiger charge is 2.10. The van der Waals surface area contributed by atoms with Gasteiger partial charge in [-0.3, -0.25) is 4.79 Å². The number of carboxylic acid groups (broad SMARTS) is 1. The van der Waals surface area contributed by atoms with E-state index in [1.54, 1.807) is 11.8 Å². The number of aliphatic carboxylic acids is 1. The van der Waals surface area contributed by atoms with Gasteiger partial charge in [0.15, 0.2) is 0 Å². The van der Waals surface area contributed by atoms with Crippen LogP contribution in [0.1, 0.15) is 13.3 Å². The van der Waals surface area contributed by atoms with Gasteiger partial charge in [0.25, 0.3) is 0 Å². The van der Waals surface area contributed by atoms with Gasteiger partial charge < -0.3 is 14.7 Å². The molecule has 0 aliphatic heterocycles. The molecule has 1 N–H and O–H groups in total. The fourth-order valence-corrected chi connectivity index (χ4v) is 2.08. The van der Waals surface area contributed by atoms with Gasteiger partial charge in [-0.15, -0.1) is 5.10 Å². The lowest BCUT2D eigenvalue weighted by Crippen LogP contribution is -2.25. The fraction of sp³-hybridized carbons (Fsp3) is 0.462. The predicted octanol–water partition coefficient (Wildman–Crippen LogP) is 1.34. The topological polar surface area (TPSA) is 80.5 Å². The molecule has 20 heavy (non-hydrogen) atoms. The Morgan fingerprint density at radius 2 is 2.30 bits per heavy atom. The summed E-state index contributed by atoms with van der Waals surface area (Å²) >= 11 is 0. The van der Waals surface area contributed by atoms with Gasteiger partial charge in [0.1, 0.15) is 12.2 Å². The first-order chi connectivity index (χ1) is 9.65. The number of hydrogen-bond donors (Lipinski definition) is 1. The van der Waals surface area contributed by atoms with Crippen molar-refractivity contribution in [3.05, 3.63) is 18.2 Å². The molecule has 0 bridgehead atoms. The van der Waals surface area contributed by atoms with Crippen molar-refractivity contribution in [1.82, 2.24) is 15.0 Å². The number of hydrogen-bond acceptors (Lipinski definition) is 5. The third kappa shape index (κ3) is 3.05. The van der Waals surface area contributed by atoms with Gasteiger partial charge in [-0.05, 0) is 25.1 Å².